The minimum Gasteiger partial charge on any atom is -0.497 e. The van der Waals surface area contributed by atoms with Crippen molar-refractivity contribution in [1.82, 2.24) is 10.2 Å². The van der Waals surface area contributed by atoms with Gasteiger partial charge in [0, 0.05) is 17.1 Å². The predicted molar refractivity (Wildman–Crippen MR) is 163 cm³/mol. The molecule has 0 aliphatic rings. The number of nitrogens with one attached hydrogen (secondary N) is 1. The fourth-order valence-corrected chi connectivity index (χ4v) is 5.89. The lowest BCUT2D eigenvalue weighted by Gasteiger charge is -2.34. The highest BCUT2D eigenvalue weighted by Gasteiger charge is 2.34. The molecule has 3 rings (SSSR count). The number of aryl methyl sites for hydroxylation is 1. The molecule has 0 aliphatic heterocycles. The van der Waals surface area contributed by atoms with Crippen LogP contribution in [0.4, 0.5) is 5.69 Å². The highest BCUT2D eigenvalue weighted by Crippen LogP contribution is 2.29. The third-order valence-corrected chi connectivity index (χ3v) is 8.64. The fourth-order valence-electron chi connectivity index (χ4n) is 4.29. The number of anilines is 1. The number of carbonyl (C=O) groups is 2. The zero-order chi connectivity index (χ0) is 30.4. The molecule has 0 saturated heterocycles. The van der Waals surface area contributed by atoms with E-state index in [2.05, 4.69) is 5.32 Å². The van der Waals surface area contributed by atoms with Crippen LogP contribution in [0.15, 0.2) is 77.7 Å². The Bertz CT molecular complexity index is 1460. The molecule has 1 atom stereocenters. The van der Waals surface area contributed by atoms with Crippen molar-refractivity contribution in [1.29, 1.82) is 0 Å². The van der Waals surface area contributed by atoms with E-state index in [0.717, 1.165) is 15.4 Å². The molecule has 0 aliphatic carbocycles. The maximum atomic E-state index is 14.1. The Hall–Kier alpha value is -3.56. The van der Waals surface area contributed by atoms with E-state index in [-0.39, 0.29) is 23.0 Å². The molecule has 0 radical (unpaired) electrons. The van der Waals surface area contributed by atoms with Crippen LogP contribution in [0.1, 0.15) is 45.2 Å². The van der Waals surface area contributed by atoms with Gasteiger partial charge in [-0.2, -0.15) is 0 Å². The van der Waals surface area contributed by atoms with Gasteiger partial charge in [0.05, 0.1) is 17.7 Å². The summed E-state index contributed by atoms with van der Waals surface area (Å²) >= 11 is 6.38. The van der Waals surface area contributed by atoms with Gasteiger partial charge in [-0.15, -0.1) is 0 Å². The Morgan fingerprint density at radius 3 is 2.17 bits per heavy atom. The number of sulfonamides is 1. The zero-order valence-electron chi connectivity index (χ0n) is 24.3. The van der Waals surface area contributed by atoms with Gasteiger partial charge in [0.15, 0.2) is 0 Å². The fraction of sp³-hybridized carbons (Fsp3) is 0.355. The number of ether oxygens (including phenoxy) is 1. The molecule has 0 saturated carbocycles. The van der Waals surface area contributed by atoms with Gasteiger partial charge in [-0.1, -0.05) is 54.9 Å². The lowest BCUT2D eigenvalue weighted by Crippen LogP contribution is -2.55. The first-order valence-electron chi connectivity index (χ1n) is 13.3. The average Bonchev–Trinajstić information content (AvgIpc) is 2.92. The van der Waals surface area contributed by atoms with Crippen LogP contribution in [0.5, 0.6) is 5.75 Å². The SMILES string of the molecule is CCC(C(=O)NC(C)(C)C)N(Cc1ccc(OC)cc1)C(=O)CN(c1ccc(C)c(Cl)c1)S(=O)(=O)c1ccccc1. The molecule has 1 N–H and O–H groups in total. The van der Waals surface area contributed by atoms with Crippen molar-refractivity contribution in [2.45, 2.75) is 64.1 Å². The second-order valence-electron chi connectivity index (χ2n) is 10.8. The molecule has 3 aromatic rings. The lowest BCUT2D eigenvalue weighted by atomic mass is 10.1. The van der Waals surface area contributed by atoms with Gasteiger partial charge >= 0.3 is 0 Å². The zero-order valence-corrected chi connectivity index (χ0v) is 25.9. The molecule has 1 unspecified atom stereocenters. The average molecular weight is 600 g/mol. The van der Waals surface area contributed by atoms with Crippen LogP contribution in [0.2, 0.25) is 5.02 Å². The highest BCUT2D eigenvalue weighted by molar-refractivity contribution is 7.92. The second-order valence-corrected chi connectivity index (χ2v) is 13.1. The van der Waals surface area contributed by atoms with Gasteiger partial charge in [0.25, 0.3) is 10.0 Å². The topological polar surface area (TPSA) is 96.0 Å². The number of amides is 2. The van der Waals surface area contributed by atoms with Crippen molar-refractivity contribution in [3.8, 4) is 5.75 Å². The summed E-state index contributed by atoms with van der Waals surface area (Å²) in [6.45, 7) is 8.77. The number of carbonyl (C=O) groups excluding carboxylic acids is 2. The number of halogens is 1. The van der Waals surface area contributed by atoms with Gasteiger partial charge in [0.1, 0.15) is 18.3 Å². The number of methoxy groups -OCH3 is 1. The van der Waals surface area contributed by atoms with Crippen LogP contribution < -0.4 is 14.4 Å². The van der Waals surface area contributed by atoms with Crippen LogP contribution >= 0.6 is 11.6 Å². The molecular weight excluding hydrogens is 562 g/mol. The maximum Gasteiger partial charge on any atom is 0.264 e. The van der Waals surface area contributed by atoms with E-state index in [1.165, 1.54) is 23.1 Å². The van der Waals surface area contributed by atoms with Crippen LogP contribution in [-0.4, -0.2) is 50.4 Å². The number of nitrogens with zero attached hydrogens (tertiary/aromatic N) is 2. The van der Waals surface area contributed by atoms with Crippen molar-refractivity contribution < 1.29 is 22.7 Å². The van der Waals surface area contributed by atoms with E-state index in [4.69, 9.17) is 16.3 Å². The van der Waals surface area contributed by atoms with Crippen molar-refractivity contribution >= 4 is 39.1 Å². The standard InChI is InChI=1S/C31H38ClN3O5S/c1-7-28(30(37)33-31(3,4)5)34(20-23-14-17-25(40-6)18-15-23)29(36)21-35(24-16-13-22(2)27(32)19-24)41(38,39)26-11-9-8-10-12-26/h8-19,28H,7,20-21H2,1-6H3,(H,33,37). The van der Waals surface area contributed by atoms with Gasteiger partial charge in [-0.05, 0) is 81.6 Å². The summed E-state index contributed by atoms with van der Waals surface area (Å²) in [5.41, 5.74) is 1.25. The van der Waals surface area contributed by atoms with Crippen LogP contribution in [0.25, 0.3) is 0 Å². The Morgan fingerprint density at radius 2 is 1.63 bits per heavy atom. The maximum absolute atomic E-state index is 14.1. The van der Waals surface area contributed by atoms with Crippen molar-refractivity contribution in [2.24, 2.45) is 0 Å². The van der Waals surface area contributed by atoms with Crippen LogP contribution in [0, 0.1) is 6.92 Å². The molecule has 3 aromatic carbocycles. The Kier molecular flexibility index (Phi) is 10.4. The molecule has 220 valence electrons. The second kappa shape index (κ2) is 13.4. The van der Waals surface area contributed by atoms with E-state index in [9.17, 15) is 18.0 Å². The summed E-state index contributed by atoms with van der Waals surface area (Å²) in [6, 6.07) is 19.1. The monoisotopic (exact) mass is 599 g/mol. The smallest absolute Gasteiger partial charge is 0.264 e. The molecule has 0 spiro atoms. The first kappa shape index (κ1) is 32.0. The van der Waals surface area contributed by atoms with E-state index < -0.39 is 34.1 Å². The van der Waals surface area contributed by atoms with E-state index in [0.29, 0.717) is 17.2 Å². The minimum absolute atomic E-state index is 0.0312. The summed E-state index contributed by atoms with van der Waals surface area (Å²) in [5.74, 6) is -0.203. The number of hydrogen-bond donors (Lipinski definition) is 1. The third-order valence-electron chi connectivity index (χ3n) is 6.45. The summed E-state index contributed by atoms with van der Waals surface area (Å²) < 4.78 is 34.1. The summed E-state index contributed by atoms with van der Waals surface area (Å²) in [5, 5.41) is 3.33. The minimum atomic E-state index is -4.17. The summed E-state index contributed by atoms with van der Waals surface area (Å²) in [7, 11) is -2.60. The normalized spacial score (nSPS) is 12.4. The van der Waals surface area contributed by atoms with Crippen LogP contribution in [0.3, 0.4) is 0 Å². The van der Waals surface area contributed by atoms with E-state index in [1.54, 1.807) is 49.6 Å². The van der Waals surface area contributed by atoms with Gasteiger partial charge in [0.2, 0.25) is 11.8 Å². The Labute approximate surface area is 248 Å². The summed E-state index contributed by atoms with van der Waals surface area (Å²) in [4.78, 5) is 29.0. The van der Waals surface area contributed by atoms with Gasteiger partial charge in [-0.25, -0.2) is 8.42 Å². The number of benzene rings is 3. The Morgan fingerprint density at radius 1 is 1.00 bits per heavy atom. The van der Waals surface area contributed by atoms with E-state index in [1.807, 2.05) is 46.8 Å². The third kappa shape index (κ3) is 8.24. The molecule has 2 amide bonds. The molecule has 10 heteroatoms. The molecule has 41 heavy (non-hydrogen) atoms. The molecule has 8 nitrogen and oxygen atoms in total. The lowest BCUT2D eigenvalue weighted by molar-refractivity contribution is -0.141. The first-order chi connectivity index (χ1) is 19.3. The van der Waals surface area contributed by atoms with Gasteiger partial charge in [-0.3, -0.25) is 13.9 Å². The van der Waals surface area contributed by atoms with Crippen molar-refractivity contribution in [3.63, 3.8) is 0 Å². The first-order valence-corrected chi connectivity index (χ1v) is 15.2. The van der Waals surface area contributed by atoms with E-state index >= 15 is 0 Å². The number of hydrogen-bond acceptors (Lipinski definition) is 5. The molecule has 0 heterocycles. The van der Waals surface area contributed by atoms with Gasteiger partial charge < -0.3 is 15.0 Å². The Balaban J connectivity index is 2.08. The largest absolute Gasteiger partial charge is 0.497 e. The highest BCUT2D eigenvalue weighted by atomic mass is 35.5. The summed E-state index contributed by atoms with van der Waals surface area (Å²) in [6.07, 6.45) is 0.325. The number of rotatable bonds is 11. The quantitative estimate of drug-likeness (QED) is 0.311. The van der Waals surface area contributed by atoms with Crippen LogP contribution in [-0.2, 0) is 26.2 Å². The predicted octanol–water partition coefficient (Wildman–Crippen LogP) is 5.57. The molecule has 0 aromatic heterocycles. The van der Waals surface area contributed by atoms with Crippen molar-refractivity contribution in [3.05, 3.63) is 88.9 Å². The molecular formula is C31H38ClN3O5S. The molecule has 0 bridgehead atoms. The molecule has 0 fully saturated rings. The van der Waals surface area contributed by atoms with Crippen molar-refractivity contribution in [2.75, 3.05) is 18.0 Å².